The minimum absolute atomic E-state index is 0.0774. The summed E-state index contributed by atoms with van der Waals surface area (Å²) in [6.07, 6.45) is 2.34. The molecule has 2 heterocycles. The van der Waals surface area contributed by atoms with E-state index < -0.39 is 0 Å². The van der Waals surface area contributed by atoms with Crippen LogP contribution in [0.4, 0.5) is 5.69 Å². The zero-order chi connectivity index (χ0) is 18.8. The molecule has 1 fully saturated rings. The maximum Gasteiger partial charge on any atom is 0.227 e. The summed E-state index contributed by atoms with van der Waals surface area (Å²) in [5.41, 5.74) is 2.70. The number of carbonyl (C=O) groups excluding carboxylic acids is 2. The van der Waals surface area contributed by atoms with Gasteiger partial charge in [-0.15, -0.1) is 11.3 Å². The molecule has 2 aromatic carbocycles. The molecule has 1 aromatic heterocycles. The number of nitrogens with zero attached hydrogens (tertiary/aromatic N) is 2. The van der Waals surface area contributed by atoms with Gasteiger partial charge in [-0.3, -0.25) is 9.59 Å². The molecule has 0 saturated carbocycles. The first-order chi connectivity index (χ1) is 13.1. The molecule has 0 spiro atoms. The summed E-state index contributed by atoms with van der Waals surface area (Å²) in [4.78, 5) is 30.7. The van der Waals surface area contributed by atoms with Crippen molar-refractivity contribution in [3.63, 3.8) is 0 Å². The number of rotatable bonds is 4. The van der Waals surface area contributed by atoms with Crippen LogP contribution in [0.3, 0.4) is 0 Å². The van der Waals surface area contributed by atoms with E-state index in [0.29, 0.717) is 6.42 Å². The van der Waals surface area contributed by atoms with Gasteiger partial charge < -0.3 is 10.2 Å². The molecule has 1 N–H and O–H groups in total. The minimum Gasteiger partial charge on any atom is -0.333 e. The van der Waals surface area contributed by atoms with Gasteiger partial charge in [0.05, 0.1) is 22.7 Å². The molecule has 1 atom stereocenters. The highest BCUT2D eigenvalue weighted by atomic mass is 32.1. The van der Waals surface area contributed by atoms with Crippen LogP contribution < -0.4 is 5.32 Å². The highest BCUT2D eigenvalue weighted by Crippen LogP contribution is 2.36. The molecule has 4 rings (SSSR count). The Bertz CT molecular complexity index is 948. The Kier molecular flexibility index (Phi) is 4.90. The van der Waals surface area contributed by atoms with Gasteiger partial charge in [-0.1, -0.05) is 24.3 Å². The molecular formula is C21H21N3O2S. The Balaban J connectivity index is 1.48. The monoisotopic (exact) mass is 379 g/mol. The summed E-state index contributed by atoms with van der Waals surface area (Å²) >= 11 is 1.68. The van der Waals surface area contributed by atoms with Crippen LogP contribution in [-0.4, -0.2) is 28.2 Å². The van der Waals surface area contributed by atoms with E-state index in [0.717, 1.165) is 41.2 Å². The standard InChI is InChI=1S/C21H21N3O2S/c1-14(25)22-16-10-8-15(9-11-16)13-20(26)24-12-4-6-18(24)21-23-17-5-2-3-7-19(17)27-21/h2-3,5,7-11,18H,4,6,12-13H2,1H3,(H,22,25)/t18-/m1/s1. The summed E-state index contributed by atoms with van der Waals surface area (Å²) < 4.78 is 1.17. The van der Waals surface area contributed by atoms with Crippen molar-refractivity contribution < 1.29 is 9.59 Å². The molecular weight excluding hydrogens is 358 g/mol. The predicted molar refractivity (Wildman–Crippen MR) is 108 cm³/mol. The van der Waals surface area contributed by atoms with Crippen molar-refractivity contribution in [2.24, 2.45) is 0 Å². The van der Waals surface area contributed by atoms with E-state index in [1.165, 1.54) is 11.6 Å². The van der Waals surface area contributed by atoms with Gasteiger partial charge in [-0.2, -0.15) is 0 Å². The molecule has 138 valence electrons. The lowest BCUT2D eigenvalue weighted by Crippen LogP contribution is -2.31. The summed E-state index contributed by atoms with van der Waals surface area (Å²) in [5.74, 6) is 0.0265. The predicted octanol–water partition coefficient (Wildman–Crippen LogP) is 4.16. The van der Waals surface area contributed by atoms with Crippen molar-refractivity contribution in [2.45, 2.75) is 32.2 Å². The first-order valence-electron chi connectivity index (χ1n) is 9.11. The fourth-order valence-corrected chi connectivity index (χ4v) is 4.66. The quantitative estimate of drug-likeness (QED) is 0.740. The van der Waals surface area contributed by atoms with Crippen molar-refractivity contribution in [1.29, 1.82) is 0 Å². The van der Waals surface area contributed by atoms with Crippen LogP contribution >= 0.6 is 11.3 Å². The molecule has 0 radical (unpaired) electrons. The van der Waals surface area contributed by atoms with E-state index >= 15 is 0 Å². The molecule has 5 nitrogen and oxygen atoms in total. The molecule has 1 aliphatic heterocycles. The van der Waals surface area contributed by atoms with E-state index in [-0.39, 0.29) is 17.9 Å². The Labute approximate surface area is 162 Å². The third-order valence-electron chi connectivity index (χ3n) is 4.80. The van der Waals surface area contributed by atoms with Crippen LogP contribution in [-0.2, 0) is 16.0 Å². The zero-order valence-electron chi connectivity index (χ0n) is 15.1. The van der Waals surface area contributed by atoms with Gasteiger partial charge in [-0.25, -0.2) is 4.98 Å². The third-order valence-corrected chi connectivity index (χ3v) is 5.94. The number of hydrogen-bond acceptors (Lipinski definition) is 4. The molecule has 0 bridgehead atoms. The molecule has 3 aromatic rings. The second kappa shape index (κ2) is 7.48. The van der Waals surface area contributed by atoms with Crippen LogP contribution in [0, 0.1) is 0 Å². The van der Waals surface area contributed by atoms with Crippen LogP contribution in [0.15, 0.2) is 48.5 Å². The van der Waals surface area contributed by atoms with Crippen molar-refractivity contribution in [2.75, 3.05) is 11.9 Å². The van der Waals surface area contributed by atoms with E-state index in [4.69, 9.17) is 4.98 Å². The molecule has 27 heavy (non-hydrogen) atoms. The summed E-state index contributed by atoms with van der Waals surface area (Å²) in [7, 11) is 0. The van der Waals surface area contributed by atoms with Gasteiger partial charge >= 0.3 is 0 Å². The van der Waals surface area contributed by atoms with Crippen molar-refractivity contribution in [3.8, 4) is 0 Å². The third kappa shape index (κ3) is 3.85. The summed E-state index contributed by atoms with van der Waals surface area (Å²) in [6.45, 7) is 2.26. The zero-order valence-corrected chi connectivity index (χ0v) is 16.0. The average Bonchev–Trinajstić information content (AvgIpc) is 3.29. The average molecular weight is 379 g/mol. The number of likely N-dealkylation sites (tertiary alicyclic amines) is 1. The van der Waals surface area contributed by atoms with Gasteiger partial charge in [0.25, 0.3) is 0 Å². The highest BCUT2D eigenvalue weighted by molar-refractivity contribution is 7.18. The topological polar surface area (TPSA) is 62.3 Å². The second-order valence-electron chi connectivity index (χ2n) is 6.82. The van der Waals surface area contributed by atoms with E-state index in [2.05, 4.69) is 11.4 Å². The first kappa shape index (κ1) is 17.7. The van der Waals surface area contributed by atoms with Crippen LogP contribution in [0.2, 0.25) is 0 Å². The van der Waals surface area contributed by atoms with E-state index in [1.807, 2.05) is 47.4 Å². The second-order valence-corrected chi connectivity index (χ2v) is 7.88. The van der Waals surface area contributed by atoms with Gasteiger partial charge in [0.15, 0.2) is 0 Å². The number of amides is 2. The van der Waals surface area contributed by atoms with Crippen molar-refractivity contribution >= 4 is 39.1 Å². The summed E-state index contributed by atoms with van der Waals surface area (Å²) in [5, 5.41) is 3.77. The minimum atomic E-state index is -0.102. The van der Waals surface area contributed by atoms with Crippen molar-refractivity contribution in [3.05, 3.63) is 59.1 Å². The number of para-hydroxylation sites is 1. The number of fused-ring (bicyclic) bond motifs is 1. The lowest BCUT2D eigenvalue weighted by molar-refractivity contribution is -0.131. The number of nitrogens with one attached hydrogen (secondary N) is 1. The molecule has 1 aliphatic rings. The Morgan fingerprint density at radius 1 is 1.19 bits per heavy atom. The number of aromatic nitrogens is 1. The van der Waals surface area contributed by atoms with E-state index in [9.17, 15) is 9.59 Å². The highest BCUT2D eigenvalue weighted by Gasteiger charge is 2.32. The van der Waals surface area contributed by atoms with Crippen LogP contribution in [0.5, 0.6) is 0 Å². The SMILES string of the molecule is CC(=O)Nc1ccc(CC(=O)N2CCC[C@@H]2c2nc3ccccc3s2)cc1. The molecule has 6 heteroatoms. The fourth-order valence-electron chi connectivity index (χ4n) is 3.54. The smallest absolute Gasteiger partial charge is 0.227 e. The first-order valence-corrected chi connectivity index (χ1v) is 9.93. The van der Waals surface area contributed by atoms with Crippen LogP contribution in [0.1, 0.15) is 36.4 Å². The van der Waals surface area contributed by atoms with Gasteiger partial charge in [0.2, 0.25) is 11.8 Å². The Morgan fingerprint density at radius 3 is 2.70 bits per heavy atom. The maximum atomic E-state index is 12.9. The van der Waals surface area contributed by atoms with Gasteiger partial charge in [0.1, 0.15) is 5.01 Å². The Hall–Kier alpha value is -2.73. The van der Waals surface area contributed by atoms with Gasteiger partial charge in [0, 0.05) is 19.2 Å². The number of hydrogen-bond donors (Lipinski definition) is 1. The normalized spacial score (nSPS) is 16.6. The molecule has 0 aliphatic carbocycles. The molecule has 0 unspecified atom stereocenters. The molecule has 2 amide bonds. The maximum absolute atomic E-state index is 12.9. The lowest BCUT2D eigenvalue weighted by Gasteiger charge is -2.23. The number of carbonyl (C=O) groups is 2. The number of benzene rings is 2. The van der Waals surface area contributed by atoms with Crippen LogP contribution in [0.25, 0.3) is 10.2 Å². The van der Waals surface area contributed by atoms with Crippen molar-refractivity contribution in [1.82, 2.24) is 9.88 Å². The Morgan fingerprint density at radius 2 is 1.96 bits per heavy atom. The lowest BCUT2D eigenvalue weighted by atomic mass is 10.1. The summed E-state index contributed by atoms with van der Waals surface area (Å²) in [6, 6.07) is 15.6. The number of thiazole rings is 1. The number of anilines is 1. The van der Waals surface area contributed by atoms with Gasteiger partial charge in [-0.05, 0) is 42.7 Å². The molecule has 1 saturated heterocycles. The van der Waals surface area contributed by atoms with E-state index in [1.54, 1.807) is 11.3 Å². The fraction of sp³-hybridized carbons (Fsp3) is 0.286. The largest absolute Gasteiger partial charge is 0.333 e.